The molecule has 2 aromatic carbocycles. The van der Waals surface area contributed by atoms with Crippen molar-refractivity contribution in [1.29, 1.82) is 0 Å². The number of aromatic nitrogens is 2. The molecule has 4 rings (SSSR count). The van der Waals surface area contributed by atoms with E-state index in [0.29, 0.717) is 24.6 Å². The quantitative estimate of drug-likeness (QED) is 0.257. The predicted molar refractivity (Wildman–Crippen MR) is 121 cm³/mol. The summed E-state index contributed by atoms with van der Waals surface area (Å²) < 4.78 is 68.7. The Morgan fingerprint density at radius 2 is 1.74 bits per heavy atom. The van der Waals surface area contributed by atoms with E-state index in [2.05, 4.69) is 9.97 Å². The molecular weight excluding hydrogens is 473 g/mol. The van der Waals surface area contributed by atoms with Crippen LogP contribution in [0.5, 0.6) is 0 Å². The first-order valence-electron chi connectivity index (χ1n) is 9.85. The average molecular weight is 489 g/mol. The molecule has 34 heavy (non-hydrogen) atoms. The largest absolute Gasteiger partial charge is 0.416 e. The van der Waals surface area contributed by atoms with Crippen molar-refractivity contribution in [3.8, 4) is 11.4 Å². The van der Waals surface area contributed by atoms with Gasteiger partial charge in [-0.05, 0) is 36.4 Å². The van der Waals surface area contributed by atoms with E-state index >= 15 is 0 Å². The molecule has 0 unspecified atom stereocenters. The number of nitrogens with two attached hydrogens (primary N) is 1. The van der Waals surface area contributed by atoms with Crippen molar-refractivity contribution in [3.05, 3.63) is 82.5 Å². The maximum absolute atomic E-state index is 13.9. The molecule has 0 fully saturated rings. The van der Waals surface area contributed by atoms with Gasteiger partial charge in [0.15, 0.2) is 5.82 Å². The molecule has 0 radical (unpaired) electrons. The fourth-order valence-corrected chi connectivity index (χ4v) is 4.34. The van der Waals surface area contributed by atoms with Crippen LogP contribution in [0.2, 0.25) is 0 Å². The molecule has 4 nitrogen and oxygen atoms in total. The number of carbonyl (C=O) groups is 1. The molecule has 0 saturated heterocycles. The number of carbonyl (C=O) groups excluding carboxylic acids is 1. The Balaban J connectivity index is 1.83. The summed E-state index contributed by atoms with van der Waals surface area (Å²) in [7, 11) is 0. The summed E-state index contributed by atoms with van der Waals surface area (Å²) in [5.41, 5.74) is 4.21. The summed E-state index contributed by atoms with van der Waals surface area (Å²) in [5.74, 6) is -4.44. The lowest BCUT2D eigenvalue weighted by Crippen LogP contribution is -2.13. The smallest absolute Gasteiger partial charge is 0.366 e. The maximum Gasteiger partial charge on any atom is 0.416 e. The van der Waals surface area contributed by atoms with E-state index in [1.165, 1.54) is 29.7 Å². The van der Waals surface area contributed by atoms with Gasteiger partial charge in [-0.2, -0.15) is 13.2 Å². The van der Waals surface area contributed by atoms with E-state index in [4.69, 9.17) is 5.73 Å². The Morgan fingerprint density at radius 3 is 2.41 bits per heavy atom. The Morgan fingerprint density at radius 1 is 1.03 bits per heavy atom. The van der Waals surface area contributed by atoms with E-state index in [9.17, 15) is 26.7 Å². The van der Waals surface area contributed by atoms with Gasteiger partial charge in [-0.3, -0.25) is 4.79 Å². The number of rotatable bonds is 5. The van der Waals surface area contributed by atoms with Crippen LogP contribution < -0.4 is 5.73 Å². The molecule has 174 valence electrons. The van der Waals surface area contributed by atoms with Crippen molar-refractivity contribution in [2.75, 3.05) is 0 Å². The van der Waals surface area contributed by atoms with Crippen molar-refractivity contribution < 1.29 is 26.7 Å². The van der Waals surface area contributed by atoms with Crippen LogP contribution >= 0.6 is 11.3 Å². The number of amides is 1. The molecule has 0 bridgehead atoms. The first-order valence-corrected chi connectivity index (χ1v) is 10.7. The lowest BCUT2D eigenvalue weighted by atomic mass is 10.0. The Bertz CT molecular complexity index is 1390. The highest BCUT2D eigenvalue weighted by atomic mass is 32.1. The second-order valence-corrected chi connectivity index (χ2v) is 8.47. The van der Waals surface area contributed by atoms with Gasteiger partial charge in [0.2, 0.25) is 5.91 Å². The Labute approximate surface area is 194 Å². The second kappa shape index (κ2) is 8.60. The lowest BCUT2D eigenvalue weighted by molar-refractivity contribution is -0.137. The molecule has 0 saturated carbocycles. The van der Waals surface area contributed by atoms with Crippen molar-refractivity contribution in [2.45, 2.75) is 19.0 Å². The van der Waals surface area contributed by atoms with Crippen LogP contribution in [0, 0.1) is 0 Å². The lowest BCUT2D eigenvalue weighted by Gasteiger charge is -2.16. The standard InChI is InChI=1S/C24H16F5N3OS/c1-23(25,26)14-8-13(9-15(10-14)24(27,28)29)22-31-7-6-16(32-22)11-18(21(30)33)19-12-34-20-5-3-2-4-17(19)20/h2-12H,1H3,(H2,30,33)/b18-11+. The molecule has 0 aliphatic rings. The molecule has 0 aliphatic heterocycles. The number of primary amides is 1. The van der Waals surface area contributed by atoms with Gasteiger partial charge in [-0.25, -0.2) is 18.7 Å². The van der Waals surface area contributed by atoms with E-state index in [0.717, 1.165) is 16.2 Å². The van der Waals surface area contributed by atoms with Crippen molar-refractivity contribution in [3.63, 3.8) is 0 Å². The molecule has 10 heteroatoms. The Kier molecular flexibility index (Phi) is 5.94. The van der Waals surface area contributed by atoms with Gasteiger partial charge in [-0.15, -0.1) is 11.3 Å². The molecule has 2 N–H and O–H groups in total. The zero-order valence-electron chi connectivity index (χ0n) is 17.5. The van der Waals surface area contributed by atoms with E-state index in [-0.39, 0.29) is 22.7 Å². The maximum atomic E-state index is 13.9. The number of benzene rings is 2. The number of nitrogens with zero attached hydrogens (tertiary/aromatic N) is 2. The van der Waals surface area contributed by atoms with Gasteiger partial charge >= 0.3 is 6.18 Å². The first-order chi connectivity index (χ1) is 15.9. The van der Waals surface area contributed by atoms with Gasteiger partial charge in [-0.1, -0.05) is 18.2 Å². The monoisotopic (exact) mass is 489 g/mol. The van der Waals surface area contributed by atoms with Crippen molar-refractivity contribution in [1.82, 2.24) is 9.97 Å². The summed E-state index contributed by atoms with van der Waals surface area (Å²) in [6, 6.07) is 10.9. The summed E-state index contributed by atoms with van der Waals surface area (Å²) in [4.78, 5) is 20.4. The number of hydrogen-bond acceptors (Lipinski definition) is 4. The zero-order valence-corrected chi connectivity index (χ0v) is 18.3. The molecule has 0 spiro atoms. The highest BCUT2D eigenvalue weighted by Gasteiger charge is 2.34. The average Bonchev–Trinajstić information content (AvgIpc) is 3.20. The molecule has 2 heterocycles. The number of fused-ring (bicyclic) bond motifs is 1. The SMILES string of the molecule is CC(F)(F)c1cc(-c2nccc(/C=C(/C(N)=O)c3csc4ccccc34)n2)cc(C(F)(F)F)c1. The summed E-state index contributed by atoms with van der Waals surface area (Å²) in [5, 5.41) is 2.57. The number of hydrogen-bond donors (Lipinski definition) is 1. The number of halogens is 5. The molecule has 4 aromatic rings. The van der Waals surface area contributed by atoms with Gasteiger partial charge in [0.1, 0.15) is 0 Å². The van der Waals surface area contributed by atoms with Crippen molar-refractivity contribution >= 4 is 39.0 Å². The molecular formula is C24H16F5N3OS. The van der Waals surface area contributed by atoms with E-state index in [1.807, 2.05) is 24.3 Å². The van der Waals surface area contributed by atoms with Crippen LogP contribution in [-0.2, 0) is 16.9 Å². The van der Waals surface area contributed by atoms with Crippen molar-refractivity contribution in [2.24, 2.45) is 5.73 Å². The van der Waals surface area contributed by atoms with Crippen LogP contribution in [-0.4, -0.2) is 15.9 Å². The third-order valence-corrected chi connectivity index (χ3v) is 5.99. The minimum Gasteiger partial charge on any atom is -0.366 e. The van der Waals surface area contributed by atoms with Gasteiger partial charge in [0.25, 0.3) is 5.92 Å². The zero-order chi connectivity index (χ0) is 24.7. The summed E-state index contributed by atoms with van der Waals surface area (Å²) >= 11 is 1.42. The second-order valence-electron chi connectivity index (χ2n) is 7.56. The Hall–Kier alpha value is -3.66. The molecule has 0 atom stereocenters. The third-order valence-electron chi connectivity index (χ3n) is 5.03. The minimum absolute atomic E-state index is 0.145. The molecule has 0 aliphatic carbocycles. The van der Waals surface area contributed by atoms with Crippen LogP contribution in [0.4, 0.5) is 22.0 Å². The minimum atomic E-state index is -4.84. The van der Waals surface area contributed by atoms with Gasteiger partial charge < -0.3 is 5.73 Å². The normalized spacial score (nSPS) is 12.8. The molecule has 1 amide bonds. The fraction of sp³-hybridized carbons (Fsp3) is 0.125. The summed E-state index contributed by atoms with van der Waals surface area (Å²) in [6.45, 7) is 0.511. The van der Waals surface area contributed by atoms with Gasteiger partial charge in [0, 0.05) is 50.9 Å². The highest BCUT2D eigenvalue weighted by molar-refractivity contribution is 7.17. The van der Waals surface area contributed by atoms with Gasteiger partial charge in [0.05, 0.1) is 11.3 Å². The van der Waals surface area contributed by atoms with Crippen LogP contribution in [0.1, 0.15) is 29.3 Å². The first kappa shape index (κ1) is 23.5. The van der Waals surface area contributed by atoms with Crippen LogP contribution in [0.25, 0.3) is 33.1 Å². The van der Waals surface area contributed by atoms with E-state index < -0.39 is 29.1 Å². The molecule has 2 aromatic heterocycles. The van der Waals surface area contributed by atoms with Crippen LogP contribution in [0.15, 0.2) is 60.1 Å². The third kappa shape index (κ3) is 4.81. The fourth-order valence-electron chi connectivity index (χ4n) is 3.38. The van der Waals surface area contributed by atoms with E-state index in [1.54, 1.807) is 5.38 Å². The number of alkyl halides is 5. The number of thiophene rings is 1. The summed E-state index contributed by atoms with van der Waals surface area (Å²) in [6.07, 6.45) is -2.18. The van der Waals surface area contributed by atoms with Crippen LogP contribution in [0.3, 0.4) is 0 Å². The topological polar surface area (TPSA) is 68.9 Å². The highest BCUT2D eigenvalue weighted by Crippen LogP contribution is 2.37. The predicted octanol–water partition coefficient (Wildman–Crippen LogP) is 6.51.